The molecule has 0 amide bonds. The molecule has 1 aromatic carbocycles. The van der Waals surface area contributed by atoms with Gasteiger partial charge < -0.3 is 0 Å². The second kappa shape index (κ2) is 5.07. The van der Waals surface area contributed by atoms with Crippen LogP contribution in [0.1, 0.15) is 29.3 Å². The van der Waals surface area contributed by atoms with Gasteiger partial charge in [-0.3, -0.25) is 4.79 Å². The molecule has 0 aliphatic rings. The lowest BCUT2D eigenvalue weighted by molar-refractivity contribution is 0.0981. The molecule has 1 aromatic rings. The zero-order valence-electron chi connectivity index (χ0n) is 7.88. The van der Waals surface area contributed by atoms with Crippen molar-refractivity contribution in [1.29, 1.82) is 0 Å². The number of thiol groups is 1. The van der Waals surface area contributed by atoms with Gasteiger partial charge in [0.25, 0.3) is 6.43 Å². The number of benzene rings is 1. The van der Waals surface area contributed by atoms with E-state index in [0.29, 0.717) is 4.90 Å². The minimum absolute atomic E-state index is 0.0295. The molecular weight excluding hydrogens is 286 g/mol. The van der Waals surface area contributed by atoms with Crippen molar-refractivity contribution >= 4 is 34.3 Å². The van der Waals surface area contributed by atoms with Crippen LogP contribution < -0.4 is 0 Å². The molecule has 0 N–H and O–H groups in total. The normalized spacial score (nSPS) is 12.9. The second-order valence-electron chi connectivity index (χ2n) is 3.05. The highest BCUT2D eigenvalue weighted by Gasteiger charge is 2.20. The Labute approximate surface area is 100 Å². The Morgan fingerprint density at radius 3 is 2.53 bits per heavy atom. The largest absolute Gasteiger partial charge is 0.293 e. The summed E-state index contributed by atoms with van der Waals surface area (Å²) in [6, 6.07) is 4.04. The molecule has 82 valence electrons. The minimum Gasteiger partial charge on any atom is -0.293 e. The van der Waals surface area contributed by atoms with Crippen molar-refractivity contribution in [2.75, 3.05) is 0 Å². The Hall–Kier alpha value is -0.420. The molecule has 0 saturated heterocycles. The summed E-state index contributed by atoms with van der Waals surface area (Å²) >= 11 is 7.09. The molecular formula is C10H9BrF2OS. The fourth-order valence-corrected chi connectivity index (χ4v) is 1.61. The number of carbonyl (C=O) groups excluding carboxylic acids is 1. The van der Waals surface area contributed by atoms with Crippen molar-refractivity contribution in [2.45, 2.75) is 23.1 Å². The van der Waals surface area contributed by atoms with E-state index in [1.807, 2.05) is 0 Å². The van der Waals surface area contributed by atoms with Crippen LogP contribution in [0.5, 0.6) is 0 Å². The molecule has 0 heterocycles. The van der Waals surface area contributed by atoms with Gasteiger partial charge in [-0.1, -0.05) is 22.0 Å². The number of ketones is 1. The number of halogens is 3. The Morgan fingerprint density at radius 2 is 2.07 bits per heavy atom. The van der Waals surface area contributed by atoms with E-state index in [-0.39, 0.29) is 16.9 Å². The van der Waals surface area contributed by atoms with Gasteiger partial charge in [0.2, 0.25) is 0 Å². The third-order valence-corrected chi connectivity index (χ3v) is 2.59. The maximum atomic E-state index is 12.6. The highest BCUT2D eigenvalue weighted by molar-refractivity contribution is 9.10. The predicted molar refractivity (Wildman–Crippen MR) is 61.4 cm³/mol. The van der Waals surface area contributed by atoms with Crippen molar-refractivity contribution in [3.63, 3.8) is 0 Å². The Bertz CT molecular complexity index is 380. The summed E-state index contributed by atoms with van der Waals surface area (Å²) in [4.78, 5) is 11.6. The summed E-state index contributed by atoms with van der Waals surface area (Å²) in [6.45, 7) is 1.60. The van der Waals surface area contributed by atoms with E-state index < -0.39 is 11.3 Å². The lowest BCUT2D eigenvalue weighted by atomic mass is 10.0. The summed E-state index contributed by atoms with van der Waals surface area (Å²) in [5.41, 5.74) is -0.217. The Balaban J connectivity index is 3.24. The van der Waals surface area contributed by atoms with Gasteiger partial charge in [0.1, 0.15) is 0 Å². The van der Waals surface area contributed by atoms with Gasteiger partial charge in [-0.15, -0.1) is 12.6 Å². The van der Waals surface area contributed by atoms with Crippen LogP contribution in [0.25, 0.3) is 0 Å². The molecule has 15 heavy (non-hydrogen) atoms. The van der Waals surface area contributed by atoms with Crippen molar-refractivity contribution in [2.24, 2.45) is 0 Å². The molecule has 0 aliphatic carbocycles. The van der Waals surface area contributed by atoms with E-state index in [1.54, 1.807) is 6.92 Å². The van der Waals surface area contributed by atoms with E-state index in [0.717, 1.165) is 0 Å². The van der Waals surface area contributed by atoms with Crippen molar-refractivity contribution < 1.29 is 13.6 Å². The van der Waals surface area contributed by atoms with Gasteiger partial charge >= 0.3 is 0 Å². The molecule has 1 nitrogen and oxygen atoms in total. The number of rotatable bonds is 3. The van der Waals surface area contributed by atoms with Gasteiger partial charge in [-0.2, -0.15) is 0 Å². The lowest BCUT2D eigenvalue weighted by Gasteiger charge is -2.09. The van der Waals surface area contributed by atoms with Crippen LogP contribution in [-0.4, -0.2) is 10.6 Å². The van der Waals surface area contributed by atoms with Gasteiger partial charge in [-0.25, -0.2) is 8.78 Å². The summed E-state index contributed by atoms with van der Waals surface area (Å²) in [5.74, 6) is -0.360. The quantitative estimate of drug-likeness (QED) is 0.509. The fourth-order valence-electron chi connectivity index (χ4n) is 1.16. The van der Waals surface area contributed by atoms with E-state index in [9.17, 15) is 13.6 Å². The Kier molecular flexibility index (Phi) is 4.28. The van der Waals surface area contributed by atoms with Crippen molar-refractivity contribution in [3.05, 3.63) is 29.3 Å². The number of hydrogen-bond acceptors (Lipinski definition) is 2. The maximum Gasteiger partial charge on any atom is 0.264 e. The van der Waals surface area contributed by atoms with E-state index in [2.05, 4.69) is 28.6 Å². The zero-order valence-corrected chi connectivity index (χ0v) is 10.4. The molecule has 0 aromatic heterocycles. The minimum atomic E-state index is -2.65. The monoisotopic (exact) mass is 294 g/mol. The second-order valence-corrected chi connectivity index (χ2v) is 4.94. The first-order chi connectivity index (χ1) is 6.93. The molecule has 5 heteroatoms. The highest BCUT2D eigenvalue weighted by Crippen LogP contribution is 2.27. The van der Waals surface area contributed by atoms with Crippen LogP contribution >= 0.6 is 28.6 Å². The van der Waals surface area contributed by atoms with Crippen molar-refractivity contribution in [1.82, 2.24) is 0 Å². The van der Waals surface area contributed by atoms with Gasteiger partial charge in [0, 0.05) is 16.0 Å². The first-order valence-corrected chi connectivity index (χ1v) is 5.59. The molecule has 0 spiro atoms. The van der Waals surface area contributed by atoms with Crippen LogP contribution in [-0.2, 0) is 0 Å². The standard InChI is InChI=1S/C10H9BrF2OS/c1-5(11)9(14)8-4-6(15)2-3-7(8)10(12)13/h2-5,10,15H,1H3. The fraction of sp³-hybridized carbons (Fsp3) is 0.300. The lowest BCUT2D eigenvalue weighted by Crippen LogP contribution is -2.13. The molecule has 0 bridgehead atoms. The summed E-state index contributed by atoms with van der Waals surface area (Å²) < 4.78 is 25.2. The van der Waals surface area contributed by atoms with Crippen LogP contribution in [0, 0.1) is 0 Å². The molecule has 1 rings (SSSR count). The smallest absolute Gasteiger partial charge is 0.264 e. The van der Waals surface area contributed by atoms with E-state index >= 15 is 0 Å². The number of alkyl halides is 3. The van der Waals surface area contributed by atoms with Crippen LogP contribution in [0.4, 0.5) is 8.78 Å². The Morgan fingerprint density at radius 1 is 1.47 bits per heavy atom. The number of hydrogen-bond donors (Lipinski definition) is 1. The van der Waals surface area contributed by atoms with Crippen LogP contribution in [0.3, 0.4) is 0 Å². The summed E-state index contributed by atoms with van der Waals surface area (Å²) in [6.07, 6.45) is -2.65. The zero-order chi connectivity index (χ0) is 11.6. The summed E-state index contributed by atoms with van der Waals surface area (Å²) in [5, 5.41) is 0. The topological polar surface area (TPSA) is 17.1 Å². The highest BCUT2D eigenvalue weighted by atomic mass is 79.9. The average molecular weight is 295 g/mol. The molecule has 0 fully saturated rings. The maximum absolute atomic E-state index is 12.6. The number of Topliss-reactive ketones (excluding diaryl/α,β-unsaturated/α-hetero) is 1. The SMILES string of the molecule is CC(Br)C(=O)c1cc(S)ccc1C(F)F. The van der Waals surface area contributed by atoms with E-state index in [4.69, 9.17) is 0 Å². The molecule has 0 radical (unpaired) electrons. The molecule has 1 unspecified atom stereocenters. The average Bonchev–Trinajstić information content (AvgIpc) is 2.15. The first kappa shape index (κ1) is 12.6. The summed E-state index contributed by atoms with van der Waals surface area (Å²) in [7, 11) is 0. The number of carbonyl (C=O) groups is 1. The van der Waals surface area contributed by atoms with E-state index in [1.165, 1.54) is 18.2 Å². The van der Waals surface area contributed by atoms with Crippen molar-refractivity contribution in [3.8, 4) is 0 Å². The predicted octanol–water partition coefficient (Wildman–Crippen LogP) is 3.88. The van der Waals surface area contributed by atoms with Gasteiger partial charge in [0.15, 0.2) is 5.78 Å². The molecule has 1 atom stereocenters. The molecule has 0 aliphatic heterocycles. The third kappa shape index (κ3) is 3.01. The van der Waals surface area contributed by atoms with Crippen LogP contribution in [0.2, 0.25) is 0 Å². The van der Waals surface area contributed by atoms with Crippen LogP contribution in [0.15, 0.2) is 23.1 Å². The molecule has 0 saturated carbocycles. The van der Waals surface area contributed by atoms with Gasteiger partial charge in [-0.05, 0) is 19.1 Å². The van der Waals surface area contributed by atoms with Gasteiger partial charge in [0.05, 0.1) is 4.83 Å². The third-order valence-electron chi connectivity index (χ3n) is 1.90. The first-order valence-electron chi connectivity index (χ1n) is 4.23.